The van der Waals surface area contributed by atoms with Gasteiger partial charge in [0.15, 0.2) is 0 Å². The van der Waals surface area contributed by atoms with Crippen LogP contribution in [0.5, 0.6) is 0 Å². The Labute approximate surface area is 39.6 Å². The van der Waals surface area contributed by atoms with Gasteiger partial charge in [-0.25, -0.2) is 0 Å². The van der Waals surface area contributed by atoms with E-state index < -0.39 is 0 Å². The van der Waals surface area contributed by atoms with Crippen molar-refractivity contribution in [2.45, 2.75) is 13.8 Å². The predicted molar refractivity (Wildman–Crippen MR) is 28.0 cm³/mol. The van der Waals surface area contributed by atoms with E-state index in [1.54, 1.807) is 0 Å². The summed E-state index contributed by atoms with van der Waals surface area (Å²) >= 11 is 0. The Morgan fingerprint density at radius 1 is 1.83 bits per heavy atom. The molecule has 0 aliphatic rings. The lowest BCUT2D eigenvalue weighted by molar-refractivity contribution is 0.891. The number of terminal acetylenes is 1. The van der Waals surface area contributed by atoms with E-state index in [1.165, 1.54) is 0 Å². The molecule has 0 bridgehead atoms. The van der Waals surface area contributed by atoms with Crippen molar-refractivity contribution >= 4 is 0 Å². The van der Waals surface area contributed by atoms with E-state index in [-0.39, 0.29) is 0 Å². The maximum absolute atomic E-state index is 5.00. The van der Waals surface area contributed by atoms with Crippen molar-refractivity contribution in [1.82, 2.24) is 0 Å². The first-order valence-electron chi connectivity index (χ1n) is 2.07. The van der Waals surface area contributed by atoms with Gasteiger partial charge in [-0.15, -0.1) is 12.3 Å². The van der Waals surface area contributed by atoms with Crippen LogP contribution in [0, 0.1) is 24.7 Å². The first-order valence-corrected chi connectivity index (χ1v) is 2.07. The highest BCUT2D eigenvalue weighted by Gasteiger charge is 1.85. The third kappa shape index (κ3) is 1.84. The van der Waals surface area contributed by atoms with Crippen molar-refractivity contribution in [2.75, 3.05) is 0 Å². The van der Waals surface area contributed by atoms with Crippen LogP contribution in [0.15, 0.2) is 0 Å². The fourth-order valence-corrected chi connectivity index (χ4v) is 0.0962. The van der Waals surface area contributed by atoms with Crippen LogP contribution in [-0.4, -0.2) is 0 Å². The lowest BCUT2D eigenvalue weighted by Crippen LogP contribution is -1.83. The first-order chi connectivity index (χ1) is 2.81. The lowest BCUT2D eigenvalue weighted by atomic mass is 10.1. The Bertz CT molecular complexity index is 56.9. The second kappa shape index (κ2) is 2.78. The topological polar surface area (TPSA) is 0 Å². The number of rotatable bonds is 1. The van der Waals surface area contributed by atoms with E-state index in [4.69, 9.17) is 6.42 Å². The smallest absolute Gasteiger partial charge is 0.0200 e. The van der Waals surface area contributed by atoms with Crippen LogP contribution in [-0.2, 0) is 0 Å². The molecule has 0 N–H and O–H groups in total. The molecule has 1 radical (unpaired) electrons. The summed E-state index contributed by atoms with van der Waals surface area (Å²) < 4.78 is 0. The molecule has 0 spiro atoms. The molecule has 0 nitrogen and oxygen atoms in total. The highest BCUT2D eigenvalue weighted by atomic mass is 13.9. The van der Waals surface area contributed by atoms with Gasteiger partial charge in [-0.1, -0.05) is 13.8 Å². The molecular weight excluding hydrogens is 72.1 g/mol. The zero-order valence-electron chi connectivity index (χ0n) is 4.23. The maximum atomic E-state index is 5.00. The van der Waals surface area contributed by atoms with E-state index in [9.17, 15) is 0 Å². The highest BCUT2D eigenvalue weighted by molar-refractivity contribution is 4.95. The zero-order chi connectivity index (χ0) is 4.99. The molecule has 0 aromatic carbocycles. The SMILES string of the molecule is C#CC(C)[CH]C. The second-order valence-electron chi connectivity index (χ2n) is 1.29. The molecule has 0 heteroatoms. The Kier molecular flexibility index (Phi) is 2.58. The minimum Gasteiger partial charge on any atom is -0.120 e. The molecule has 0 aromatic rings. The third-order valence-corrected chi connectivity index (χ3v) is 0.763. The molecule has 0 saturated heterocycles. The van der Waals surface area contributed by atoms with Crippen LogP contribution >= 0.6 is 0 Å². The fraction of sp³-hybridized carbons (Fsp3) is 0.500. The van der Waals surface area contributed by atoms with Gasteiger partial charge in [-0.3, -0.25) is 0 Å². The monoisotopic (exact) mass is 81.1 g/mol. The van der Waals surface area contributed by atoms with Crippen molar-refractivity contribution in [3.8, 4) is 12.3 Å². The minimum atomic E-state index is 0.338. The molecule has 0 aromatic heterocycles. The van der Waals surface area contributed by atoms with Crippen molar-refractivity contribution in [3.63, 3.8) is 0 Å². The van der Waals surface area contributed by atoms with E-state index >= 15 is 0 Å². The van der Waals surface area contributed by atoms with E-state index in [0.717, 1.165) is 0 Å². The predicted octanol–water partition coefficient (Wildman–Crippen LogP) is 1.48. The molecule has 1 unspecified atom stereocenters. The van der Waals surface area contributed by atoms with E-state index in [0.29, 0.717) is 5.92 Å². The van der Waals surface area contributed by atoms with Crippen LogP contribution in [0.4, 0.5) is 0 Å². The summed E-state index contributed by atoms with van der Waals surface area (Å²) in [6.07, 6.45) is 6.99. The maximum Gasteiger partial charge on any atom is 0.0200 e. The molecule has 0 aliphatic carbocycles. The van der Waals surface area contributed by atoms with Gasteiger partial charge in [-0.05, 0) is 6.42 Å². The van der Waals surface area contributed by atoms with Crippen LogP contribution in [0.1, 0.15) is 13.8 Å². The second-order valence-corrected chi connectivity index (χ2v) is 1.29. The van der Waals surface area contributed by atoms with Crippen LogP contribution in [0.2, 0.25) is 0 Å². The van der Waals surface area contributed by atoms with Gasteiger partial charge in [0, 0.05) is 5.92 Å². The fourth-order valence-electron chi connectivity index (χ4n) is 0.0962. The number of hydrogen-bond donors (Lipinski definition) is 0. The molecule has 6 heavy (non-hydrogen) atoms. The summed E-state index contributed by atoms with van der Waals surface area (Å²) in [7, 11) is 0. The third-order valence-electron chi connectivity index (χ3n) is 0.763. The molecular formula is C6H9. The number of hydrogen-bond acceptors (Lipinski definition) is 0. The van der Waals surface area contributed by atoms with Gasteiger partial charge in [0.2, 0.25) is 0 Å². The molecule has 0 amide bonds. The quantitative estimate of drug-likeness (QED) is 0.419. The summed E-state index contributed by atoms with van der Waals surface area (Å²) in [4.78, 5) is 0. The van der Waals surface area contributed by atoms with Crippen molar-refractivity contribution in [3.05, 3.63) is 6.42 Å². The van der Waals surface area contributed by atoms with Gasteiger partial charge >= 0.3 is 0 Å². The van der Waals surface area contributed by atoms with Crippen LogP contribution in [0.25, 0.3) is 0 Å². The molecule has 0 rings (SSSR count). The standard InChI is InChI=1S/C6H9/c1-4-6(3)5-2/h1,5-6H,2-3H3. The summed E-state index contributed by atoms with van der Waals surface area (Å²) in [6, 6.07) is 0. The normalized spacial score (nSPS) is 12.8. The molecule has 1 atom stereocenters. The summed E-state index contributed by atoms with van der Waals surface area (Å²) in [5, 5.41) is 0. The Morgan fingerprint density at radius 3 is 2.33 bits per heavy atom. The summed E-state index contributed by atoms with van der Waals surface area (Å²) in [5.41, 5.74) is 0. The lowest BCUT2D eigenvalue weighted by Gasteiger charge is -1.90. The zero-order valence-corrected chi connectivity index (χ0v) is 4.23. The van der Waals surface area contributed by atoms with Gasteiger partial charge in [-0.2, -0.15) is 0 Å². The van der Waals surface area contributed by atoms with Crippen molar-refractivity contribution in [1.29, 1.82) is 0 Å². The summed E-state index contributed by atoms with van der Waals surface area (Å²) in [5.74, 6) is 2.90. The average molecular weight is 81.1 g/mol. The molecule has 0 heterocycles. The largest absolute Gasteiger partial charge is 0.120 e. The molecule has 33 valence electrons. The highest BCUT2D eigenvalue weighted by Crippen LogP contribution is 1.92. The van der Waals surface area contributed by atoms with Gasteiger partial charge < -0.3 is 0 Å². The molecule has 0 fully saturated rings. The van der Waals surface area contributed by atoms with Gasteiger partial charge in [0.1, 0.15) is 0 Å². The molecule has 0 aliphatic heterocycles. The molecule has 0 saturated carbocycles. The Morgan fingerprint density at radius 2 is 2.33 bits per heavy atom. The van der Waals surface area contributed by atoms with Gasteiger partial charge in [0.25, 0.3) is 0 Å². The van der Waals surface area contributed by atoms with E-state index in [2.05, 4.69) is 5.92 Å². The van der Waals surface area contributed by atoms with E-state index in [1.807, 2.05) is 20.3 Å². The van der Waals surface area contributed by atoms with Crippen LogP contribution < -0.4 is 0 Å². The Hall–Kier alpha value is -0.440. The average Bonchev–Trinajstić information content (AvgIpc) is 1.65. The minimum absolute atomic E-state index is 0.338. The van der Waals surface area contributed by atoms with Crippen molar-refractivity contribution < 1.29 is 0 Å². The van der Waals surface area contributed by atoms with Crippen LogP contribution in [0.3, 0.4) is 0 Å². The Balaban J connectivity index is 3.04. The van der Waals surface area contributed by atoms with Crippen molar-refractivity contribution in [2.24, 2.45) is 5.92 Å². The van der Waals surface area contributed by atoms with Gasteiger partial charge in [0.05, 0.1) is 0 Å². The summed E-state index contributed by atoms with van der Waals surface area (Å²) in [6.45, 7) is 3.95. The first kappa shape index (κ1) is 5.56.